The first-order chi connectivity index (χ1) is 9.61. The molecule has 1 aromatic rings. The highest BCUT2D eigenvalue weighted by atomic mass is 16.5. The molecule has 6 heteroatoms. The normalized spacial score (nSPS) is 10.6. The predicted octanol–water partition coefficient (Wildman–Crippen LogP) is 0.876. The fourth-order valence-electron chi connectivity index (χ4n) is 1.65. The van der Waals surface area contributed by atoms with Crippen LogP contribution in [0.5, 0.6) is 6.01 Å². The van der Waals surface area contributed by atoms with Crippen molar-refractivity contribution in [2.45, 2.75) is 26.2 Å². The molecule has 1 rings (SSSR count). The van der Waals surface area contributed by atoms with Crippen LogP contribution in [0.25, 0.3) is 0 Å². The van der Waals surface area contributed by atoms with Gasteiger partial charge in [-0.2, -0.15) is 0 Å². The van der Waals surface area contributed by atoms with E-state index in [-0.39, 0.29) is 5.91 Å². The van der Waals surface area contributed by atoms with Crippen molar-refractivity contribution in [3.8, 4) is 6.01 Å². The van der Waals surface area contributed by atoms with E-state index in [4.69, 9.17) is 4.74 Å². The minimum absolute atomic E-state index is 0.0673. The van der Waals surface area contributed by atoms with Gasteiger partial charge in [0.25, 0.3) is 0 Å². The van der Waals surface area contributed by atoms with Crippen molar-refractivity contribution < 1.29 is 9.53 Å². The summed E-state index contributed by atoms with van der Waals surface area (Å²) in [6.45, 7) is 4.14. The van der Waals surface area contributed by atoms with Gasteiger partial charge < -0.3 is 15.0 Å². The van der Waals surface area contributed by atoms with E-state index in [1.54, 1.807) is 12.4 Å². The monoisotopic (exact) mass is 280 g/mol. The maximum Gasteiger partial charge on any atom is 0.316 e. The lowest BCUT2D eigenvalue weighted by Crippen LogP contribution is -2.27. The number of hydrogen-bond donors (Lipinski definition) is 1. The zero-order valence-electron chi connectivity index (χ0n) is 12.6. The molecular weight excluding hydrogens is 256 g/mol. The van der Waals surface area contributed by atoms with E-state index in [0.717, 1.165) is 25.1 Å². The maximum atomic E-state index is 11.6. The van der Waals surface area contributed by atoms with Gasteiger partial charge in [-0.3, -0.25) is 4.79 Å². The molecule has 6 nitrogen and oxygen atoms in total. The minimum Gasteiger partial charge on any atom is -0.464 e. The molecule has 0 aliphatic rings. The molecule has 1 heterocycles. The van der Waals surface area contributed by atoms with E-state index < -0.39 is 0 Å². The standard InChI is InChI=1S/C14H24N4O2/c1-4-20-14-16-10-12(11-17-14)6-7-13(19)15-8-5-9-18(2)3/h10-11H,4-9H2,1-3H3,(H,15,19). The highest BCUT2D eigenvalue weighted by molar-refractivity contribution is 5.76. The molecule has 0 saturated heterocycles. The van der Waals surface area contributed by atoms with Crippen LogP contribution in [0.3, 0.4) is 0 Å². The second kappa shape index (κ2) is 9.25. The van der Waals surface area contributed by atoms with Crippen LogP contribution in [0, 0.1) is 0 Å². The Balaban J connectivity index is 2.20. The van der Waals surface area contributed by atoms with Crippen molar-refractivity contribution in [3.05, 3.63) is 18.0 Å². The summed E-state index contributed by atoms with van der Waals surface area (Å²) in [6.07, 6.45) is 5.48. The molecule has 0 fully saturated rings. The molecule has 0 aromatic carbocycles. The summed E-state index contributed by atoms with van der Waals surface area (Å²) in [5, 5.41) is 2.91. The summed E-state index contributed by atoms with van der Waals surface area (Å²) in [5.74, 6) is 0.0673. The van der Waals surface area contributed by atoms with E-state index in [1.807, 2.05) is 21.0 Å². The lowest BCUT2D eigenvalue weighted by Gasteiger charge is -2.09. The largest absolute Gasteiger partial charge is 0.464 e. The number of aryl methyl sites for hydroxylation is 1. The molecule has 0 unspecified atom stereocenters. The van der Waals surface area contributed by atoms with E-state index in [2.05, 4.69) is 20.2 Å². The van der Waals surface area contributed by atoms with Crippen LogP contribution in [0.15, 0.2) is 12.4 Å². The first-order valence-corrected chi connectivity index (χ1v) is 6.97. The summed E-state index contributed by atoms with van der Waals surface area (Å²) in [5.41, 5.74) is 0.942. The van der Waals surface area contributed by atoms with Gasteiger partial charge in [0.15, 0.2) is 0 Å². The molecule has 1 aromatic heterocycles. The van der Waals surface area contributed by atoms with E-state index in [1.165, 1.54) is 0 Å². The van der Waals surface area contributed by atoms with Crippen LogP contribution < -0.4 is 10.1 Å². The Hall–Kier alpha value is -1.69. The van der Waals surface area contributed by atoms with Gasteiger partial charge in [0.05, 0.1) is 6.61 Å². The summed E-state index contributed by atoms with van der Waals surface area (Å²) in [7, 11) is 4.04. The van der Waals surface area contributed by atoms with Crippen molar-refractivity contribution in [1.29, 1.82) is 0 Å². The number of hydrogen-bond acceptors (Lipinski definition) is 5. The lowest BCUT2D eigenvalue weighted by molar-refractivity contribution is -0.121. The van der Waals surface area contributed by atoms with Crippen LogP contribution in [-0.2, 0) is 11.2 Å². The molecule has 0 atom stereocenters. The summed E-state index contributed by atoms with van der Waals surface area (Å²) in [6, 6.07) is 0.379. The van der Waals surface area contributed by atoms with E-state index in [0.29, 0.717) is 25.5 Å². The number of aromatic nitrogens is 2. The van der Waals surface area contributed by atoms with Crippen molar-refractivity contribution in [2.24, 2.45) is 0 Å². The number of nitrogens with zero attached hydrogens (tertiary/aromatic N) is 3. The lowest BCUT2D eigenvalue weighted by atomic mass is 10.2. The summed E-state index contributed by atoms with van der Waals surface area (Å²) >= 11 is 0. The fourth-order valence-corrected chi connectivity index (χ4v) is 1.65. The third kappa shape index (κ3) is 7.04. The van der Waals surface area contributed by atoms with Crippen molar-refractivity contribution in [2.75, 3.05) is 33.8 Å². The third-order valence-electron chi connectivity index (χ3n) is 2.70. The number of amides is 1. The number of nitrogens with one attached hydrogen (secondary N) is 1. The maximum absolute atomic E-state index is 11.6. The van der Waals surface area contributed by atoms with Crippen molar-refractivity contribution in [3.63, 3.8) is 0 Å². The van der Waals surface area contributed by atoms with Gasteiger partial charge >= 0.3 is 6.01 Å². The molecule has 0 radical (unpaired) electrons. The van der Waals surface area contributed by atoms with Crippen molar-refractivity contribution in [1.82, 2.24) is 20.2 Å². The Morgan fingerprint density at radius 1 is 1.35 bits per heavy atom. The zero-order chi connectivity index (χ0) is 14.8. The Labute approximate surface area is 120 Å². The van der Waals surface area contributed by atoms with Crippen LogP contribution in [0.2, 0.25) is 0 Å². The van der Waals surface area contributed by atoms with Crippen molar-refractivity contribution >= 4 is 5.91 Å². The number of rotatable bonds is 9. The van der Waals surface area contributed by atoms with Gasteiger partial charge in [0.2, 0.25) is 5.91 Å². The molecule has 20 heavy (non-hydrogen) atoms. The second-order valence-electron chi connectivity index (χ2n) is 4.81. The fraction of sp³-hybridized carbons (Fsp3) is 0.643. The first kappa shape index (κ1) is 16.4. The molecular formula is C14H24N4O2. The SMILES string of the molecule is CCOc1ncc(CCC(=O)NCCCN(C)C)cn1. The Morgan fingerprint density at radius 3 is 2.65 bits per heavy atom. The molecule has 1 amide bonds. The van der Waals surface area contributed by atoms with Gasteiger partial charge in [0, 0.05) is 25.4 Å². The average molecular weight is 280 g/mol. The second-order valence-corrected chi connectivity index (χ2v) is 4.81. The van der Waals surface area contributed by atoms with Crippen LogP contribution >= 0.6 is 0 Å². The van der Waals surface area contributed by atoms with Gasteiger partial charge in [-0.1, -0.05) is 0 Å². The van der Waals surface area contributed by atoms with Gasteiger partial charge in [-0.05, 0) is 46.0 Å². The number of carbonyl (C=O) groups excluding carboxylic acids is 1. The van der Waals surface area contributed by atoms with Crippen LogP contribution in [0.4, 0.5) is 0 Å². The highest BCUT2D eigenvalue weighted by Crippen LogP contribution is 2.04. The molecule has 0 saturated carbocycles. The molecule has 0 bridgehead atoms. The third-order valence-corrected chi connectivity index (χ3v) is 2.70. The topological polar surface area (TPSA) is 67.3 Å². The Bertz CT molecular complexity index is 393. The summed E-state index contributed by atoms with van der Waals surface area (Å²) < 4.78 is 5.17. The van der Waals surface area contributed by atoms with Gasteiger partial charge in [0.1, 0.15) is 0 Å². The Kier molecular flexibility index (Phi) is 7.57. The number of carbonyl (C=O) groups is 1. The minimum atomic E-state index is 0.0673. The van der Waals surface area contributed by atoms with Gasteiger partial charge in [-0.25, -0.2) is 9.97 Å². The summed E-state index contributed by atoms with van der Waals surface area (Å²) in [4.78, 5) is 21.9. The molecule has 0 aliphatic carbocycles. The smallest absolute Gasteiger partial charge is 0.316 e. The zero-order valence-corrected chi connectivity index (χ0v) is 12.6. The van der Waals surface area contributed by atoms with E-state index in [9.17, 15) is 4.79 Å². The molecule has 112 valence electrons. The average Bonchev–Trinajstić information content (AvgIpc) is 2.43. The molecule has 0 aliphatic heterocycles. The molecule has 1 N–H and O–H groups in total. The molecule has 0 spiro atoms. The van der Waals surface area contributed by atoms with Crippen LogP contribution in [0.1, 0.15) is 25.3 Å². The predicted molar refractivity (Wildman–Crippen MR) is 77.7 cm³/mol. The van der Waals surface area contributed by atoms with Gasteiger partial charge in [-0.15, -0.1) is 0 Å². The highest BCUT2D eigenvalue weighted by Gasteiger charge is 2.03. The number of ether oxygens (including phenoxy) is 1. The Morgan fingerprint density at radius 2 is 2.05 bits per heavy atom. The quantitative estimate of drug-likeness (QED) is 0.680. The first-order valence-electron chi connectivity index (χ1n) is 6.97. The van der Waals surface area contributed by atoms with E-state index >= 15 is 0 Å². The van der Waals surface area contributed by atoms with Crippen LogP contribution in [-0.4, -0.2) is 54.6 Å².